The van der Waals surface area contributed by atoms with Crippen LogP contribution in [0.15, 0.2) is 22.7 Å². The van der Waals surface area contributed by atoms with Gasteiger partial charge in [0.25, 0.3) is 0 Å². The number of ether oxygens (including phenoxy) is 1. The monoisotopic (exact) mass is 340 g/mol. The van der Waals surface area contributed by atoms with Gasteiger partial charge in [0.1, 0.15) is 6.61 Å². The number of carbonyl (C=O) groups is 2. The Balaban J connectivity index is 1.98. The number of halogens is 1. The van der Waals surface area contributed by atoms with Crippen molar-refractivity contribution in [3.63, 3.8) is 0 Å². The van der Waals surface area contributed by atoms with E-state index in [4.69, 9.17) is 10.5 Å². The number of amides is 2. The van der Waals surface area contributed by atoms with Crippen LogP contribution in [-0.2, 0) is 4.74 Å². The fourth-order valence-corrected chi connectivity index (χ4v) is 2.72. The maximum atomic E-state index is 12.1. The lowest BCUT2D eigenvalue weighted by Crippen LogP contribution is -2.42. The van der Waals surface area contributed by atoms with Crippen LogP contribution in [0.4, 0.5) is 4.79 Å². The predicted molar refractivity (Wildman–Crippen MR) is 78.5 cm³/mol. The van der Waals surface area contributed by atoms with Gasteiger partial charge in [0.05, 0.1) is 11.6 Å². The number of benzene rings is 1. The molecule has 0 aliphatic carbocycles. The zero-order chi connectivity index (χ0) is 14.7. The lowest BCUT2D eigenvalue weighted by Gasteiger charge is -2.22. The van der Waals surface area contributed by atoms with E-state index in [0.717, 1.165) is 22.9 Å². The molecule has 2 amide bonds. The van der Waals surface area contributed by atoms with Gasteiger partial charge in [0.2, 0.25) is 0 Å². The van der Waals surface area contributed by atoms with Gasteiger partial charge in [-0.05, 0) is 37.5 Å². The molecule has 2 rings (SSSR count). The van der Waals surface area contributed by atoms with E-state index in [9.17, 15) is 9.59 Å². The third kappa shape index (κ3) is 3.30. The molecule has 0 spiro atoms. The van der Waals surface area contributed by atoms with Gasteiger partial charge in [-0.15, -0.1) is 0 Å². The largest absolute Gasteiger partial charge is 0.460 e. The van der Waals surface area contributed by atoms with Crippen LogP contribution >= 0.6 is 15.9 Å². The van der Waals surface area contributed by atoms with Crippen LogP contribution in [0, 0.1) is 6.92 Å². The molecule has 0 unspecified atom stereocenters. The second-order valence-electron chi connectivity index (χ2n) is 4.89. The van der Waals surface area contributed by atoms with Gasteiger partial charge >= 0.3 is 12.0 Å². The van der Waals surface area contributed by atoms with Crippen molar-refractivity contribution in [2.24, 2.45) is 5.73 Å². The number of esters is 1. The van der Waals surface area contributed by atoms with Crippen LogP contribution in [-0.4, -0.2) is 36.1 Å². The molecule has 1 saturated heterocycles. The quantitative estimate of drug-likeness (QED) is 0.859. The van der Waals surface area contributed by atoms with Gasteiger partial charge in [0, 0.05) is 11.0 Å². The van der Waals surface area contributed by atoms with E-state index in [1.54, 1.807) is 11.0 Å². The lowest BCUT2D eigenvalue weighted by molar-refractivity contribution is 0.0421. The highest BCUT2D eigenvalue weighted by molar-refractivity contribution is 9.10. The topological polar surface area (TPSA) is 72.6 Å². The fourth-order valence-electron chi connectivity index (χ4n) is 2.36. The van der Waals surface area contributed by atoms with Crippen molar-refractivity contribution >= 4 is 27.9 Å². The van der Waals surface area contributed by atoms with Crippen molar-refractivity contribution in [3.05, 3.63) is 33.8 Å². The van der Waals surface area contributed by atoms with Crippen molar-refractivity contribution < 1.29 is 14.3 Å². The van der Waals surface area contributed by atoms with Crippen LogP contribution in [0.2, 0.25) is 0 Å². The van der Waals surface area contributed by atoms with E-state index in [1.165, 1.54) is 0 Å². The summed E-state index contributed by atoms with van der Waals surface area (Å²) < 4.78 is 6.15. The van der Waals surface area contributed by atoms with Crippen LogP contribution in [0.3, 0.4) is 0 Å². The molecule has 2 N–H and O–H groups in total. The fraction of sp³-hybridized carbons (Fsp3) is 0.429. The standard InChI is InChI=1S/C14H17BrN2O3/c1-9-4-5-10(15)7-12(9)13(18)20-8-11-3-2-6-17(11)14(16)19/h4-5,7,11H,2-3,6,8H2,1H3,(H2,16,19)/t11-/m0/s1. The van der Waals surface area contributed by atoms with Gasteiger partial charge in [-0.2, -0.15) is 0 Å². The molecule has 1 aliphatic heterocycles. The molecule has 0 radical (unpaired) electrons. The maximum Gasteiger partial charge on any atom is 0.338 e. The number of primary amides is 1. The minimum atomic E-state index is -0.456. The second kappa shape index (κ2) is 6.26. The Morgan fingerprint density at radius 3 is 2.95 bits per heavy atom. The average Bonchev–Trinajstić information content (AvgIpc) is 2.87. The summed E-state index contributed by atoms with van der Waals surface area (Å²) in [6.07, 6.45) is 1.70. The molecule has 20 heavy (non-hydrogen) atoms. The van der Waals surface area contributed by atoms with Gasteiger partial charge in [-0.3, -0.25) is 0 Å². The summed E-state index contributed by atoms with van der Waals surface area (Å²) in [4.78, 5) is 24.9. The van der Waals surface area contributed by atoms with Crippen molar-refractivity contribution in [2.45, 2.75) is 25.8 Å². The van der Waals surface area contributed by atoms with Gasteiger partial charge in [-0.1, -0.05) is 22.0 Å². The van der Waals surface area contributed by atoms with Crippen LogP contribution in [0.1, 0.15) is 28.8 Å². The Labute approximate surface area is 126 Å². The molecule has 1 fully saturated rings. The van der Waals surface area contributed by atoms with Gasteiger partial charge in [-0.25, -0.2) is 9.59 Å². The molecule has 1 aromatic carbocycles. The molecule has 108 valence electrons. The van der Waals surface area contributed by atoms with E-state index < -0.39 is 6.03 Å². The Morgan fingerprint density at radius 1 is 1.50 bits per heavy atom. The summed E-state index contributed by atoms with van der Waals surface area (Å²) in [5.74, 6) is -0.375. The molecule has 0 bridgehead atoms. The highest BCUT2D eigenvalue weighted by atomic mass is 79.9. The summed E-state index contributed by atoms with van der Waals surface area (Å²) in [7, 11) is 0. The molecule has 6 heteroatoms. The smallest absolute Gasteiger partial charge is 0.338 e. The molecule has 1 atom stereocenters. The van der Waals surface area contributed by atoms with E-state index in [-0.39, 0.29) is 18.6 Å². The molecule has 0 aromatic heterocycles. The van der Waals surface area contributed by atoms with Crippen LogP contribution in [0.5, 0.6) is 0 Å². The summed E-state index contributed by atoms with van der Waals surface area (Å²) in [5, 5.41) is 0. The summed E-state index contributed by atoms with van der Waals surface area (Å²) in [6.45, 7) is 2.68. The zero-order valence-electron chi connectivity index (χ0n) is 11.3. The first-order valence-electron chi connectivity index (χ1n) is 6.48. The number of likely N-dealkylation sites (tertiary alicyclic amines) is 1. The number of urea groups is 1. The van der Waals surface area contributed by atoms with E-state index in [2.05, 4.69) is 15.9 Å². The van der Waals surface area contributed by atoms with Crippen molar-refractivity contribution in [2.75, 3.05) is 13.2 Å². The number of hydrogen-bond acceptors (Lipinski definition) is 3. The van der Waals surface area contributed by atoms with Crippen molar-refractivity contribution in [3.8, 4) is 0 Å². The molecule has 1 heterocycles. The highest BCUT2D eigenvalue weighted by Gasteiger charge is 2.28. The molecule has 0 saturated carbocycles. The number of nitrogens with two attached hydrogens (primary N) is 1. The summed E-state index contributed by atoms with van der Waals surface area (Å²) >= 11 is 3.33. The van der Waals surface area contributed by atoms with Crippen LogP contribution in [0.25, 0.3) is 0 Å². The molecule has 1 aromatic rings. The van der Waals surface area contributed by atoms with Crippen LogP contribution < -0.4 is 5.73 Å². The van der Waals surface area contributed by atoms with Crippen molar-refractivity contribution in [1.82, 2.24) is 4.90 Å². The number of aryl methyl sites for hydroxylation is 1. The first-order valence-corrected chi connectivity index (χ1v) is 7.27. The Kier molecular flexibility index (Phi) is 4.65. The SMILES string of the molecule is Cc1ccc(Br)cc1C(=O)OC[C@@H]1CCCN1C(N)=O. The molecule has 5 nitrogen and oxygen atoms in total. The first kappa shape index (κ1) is 14.8. The Morgan fingerprint density at radius 2 is 2.25 bits per heavy atom. The van der Waals surface area contributed by atoms with E-state index in [1.807, 2.05) is 19.1 Å². The summed E-state index contributed by atoms with van der Waals surface area (Å²) in [6, 6.07) is 4.90. The average molecular weight is 341 g/mol. The number of hydrogen-bond donors (Lipinski definition) is 1. The Hall–Kier alpha value is -1.56. The van der Waals surface area contributed by atoms with Gasteiger partial charge in [0.15, 0.2) is 0 Å². The van der Waals surface area contributed by atoms with E-state index in [0.29, 0.717) is 12.1 Å². The normalized spacial score (nSPS) is 18.1. The number of rotatable bonds is 3. The third-order valence-electron chi connectivity index (χ3n) is 3.49. The molecule has 1 aliphatic rings. The zero-order valence-corrected chi connectivity index (χ0v) is 12.9. The first-order chi connectivity index (χ1) is 9.49. The maximum absolute atomic E-state index is 12.1. The Bertz CT molecular complexity index is 533. The van der Waals surface area contributed by atoms with Gasteiger partial charge < -0.3 is 15.4 Å². The highest BCUT2D eigenvalue weighted by Crippen LogP contribution is 2.20. The second-order valence-corrected chi connectivity index (χ2v) is 5.80. The summed E-state index contributed by atoms with van der Waals surface area (Å²) in [5.41, 5.74) is 6.68. The predicted octanol–water partition coefficient (Wildman–Crippen LogP) is 2.46. The minimum Gasteiger partial charge on any atom is -0.460 e. The van der Waals surface area contributed by atoms with Crippen molar-refractivity contribution in [1.29, 1.82) is 0 Å². The van der Waals surface area contributed by atoms with E-state index >= 15 is 0 Å². The molecular formula is C14H17BrN2O3. The lowest BCUT2D eigenvalue weighted by atomic mass is 10.1. The third-order valence-corrected chi connectivity index (χ3v) is 3.98. The minimum absolute atomic E-state index is 0.107. The number of carbonyl (C=O) groups excluding carboxylic acids is 2. The molecular weight excluding hydrogens is 324 g/mol. The number of nitrogens with zero attached hydrogens (tertiary/aromatic N) is 1.